The van der Waals surface area contributed by atoms with Crippen LogP contribution in [0.25, 0.3) is 0 Å². The normalized spacial score (nSPS) is 18.8. The molecule has 1 saturated carbocycles. The van der Waals surface area contributed by atoms with Crippen LogP contribution >= 0.6 is 9.30 Å². The van der Waals surface area contributed by atoms with Gasteiger partial charge in [-0.15, -0.1) is 0 Å². The molecule has 0 aromatic heterocycles. The number of hydrogen-bond acceptors (Lipinski definition) is 2. The SMILES string of the molecule is CO.CO.C[C]1[C](C)[C](C)[C](C)[C]1C.[Cl][Ti+]. The van der Waals surface area contributed by atoms with Crippen LogP contribution in [0.5, 0.6) is 0 Å². The third kappa shape index (κ3) is 6.61. The molecule has 1 rings (SSSR count). The van der Waals surface area contributed by atoms with E-state index in [9.17, 15) is 0 Å². The molecule has 2 nitrogen and oxygen atoms in total. The Bertz CT molecular complexity index is 91.4. The Morgan fingerprint density at radius 2 is 0.625 bits per heavy atom. The molecule has 2 N–H and O–H groups in total. The molecule has 1 aliphatic carbocycles. The number of aliphatic hydroxyl groups excluding tert-OH is 2. The van der Waals surface area contributed by atoms with Crippen LogP contribution < -0.4 is 0 Å². The minimum atomic E-state index is 1.00. The monoisotopic (exact) mass is 282 g/mol. The summed E-state index contributed by atoms with van der Waals surface area (Å²) >= 11 is 1.47. The third-order valence-electron chi connectivity index (χ3n) is 2.81. The van der Waals surface area contributed by atoms with Crippen LogP contribution in [0.15, 0.2) is 0 Å². The molecule has 1 fully saturated rings. The predicted molar refractivity (Wildman–Crippen MR) is 66.7 cm³/mol. The van der Waals surface area contributed by atoms with Gasteiger partial charge in [0.2, 0.25) is 0 Å². The van der Waals surface area contributed by atoms with Gasteiger partial charge >= 0.3 is 28.7 Å². The van der Waals surface area contributed by atoms with Gasteiger partial charge in [0.1, 0.15) is 0 Å². The number of rotatable bonds is 0. The van der Waals surface area contributed by atoms with Gasteiger partial charge in [-0.05, 0) is 29.6 Å². The first kappa shape index (κ1) is 22.1. The molecule has 93 valence electrons. The summed E-state index contributed by atoms with van der Waals surface area (Å²) in [6.45, 7) is 11.0. The first-order valence-electron chi connectivity index (χ1n) is 4.83. The molecule has 1 aliphatic rings. The van der Waals surface area contributed by atoms with Gasteiger partial charge < -0.3 is 10.2 Å². The molecule has 0 heterocycles. The third-order valence-corrected chi connectivity index (χ3v) is 2.81. The second kappa shape index (κ2) is 14.0. The molecule has 5 radical (unpaired) electrons. The van der Waals surface area contributed by atoms with E-state index in [1.807, 2.05) is 0 Å². The molecule has 4 heteroatoms. The predicted octanol–water partition coefficient (Wildman–Crippen LogP) is 2.88. The van der Waals surface area contributed by atoms with E-state index < -0.39 is 0 Å². The van der Waals surface area contributed by atoms with Gasteiger partial charge in [-0.1, -0.05) is 34.6 Å². The van der Waals surface area contributed by atoms with E-state index in [0.29, 0.717) is 0 Å². The van der Waals surface area contributed by atoms with Gasteiger partial charge in [0.25, 0.3) is 0 Å². The van der Waals surface area contributed by atoms with Crippen molar-refractivity contribution in [1.82, 2.24) is 0 Å². The van der Waals surface area contributed by atoms with Crippen LogP contribution in [0, 0.1) is 29.6 Å². The summed E-state index contributed by atoms with van der Waals surface area (Å²) in [6.07, 6.45) is 0. The zero-order valence-electron chi connectivity index (χ0n) is 11.3. The summed E-state index contributed by atoms with van der Waals surface area (Å²) in [5.74, 6) is 7.34. The molecule has 0 atom stereocenters. The summed E-state index contributed by atoms with van der Waals surface area (Å²) < 4.78 is 0. The zero-order valence-corrected chi connectivity index (χ0v) is 13.6. The van der Waals surface area contributed by atoms with Crippen LogP contribution in [0.1, 0.15) is 34.6 Å². The number of halogens is 1. The van der Waals surface area contributed by atoms with Crippen molar-refractivity contribution in [2.24, 2.45) is 0 Å². The molecular weight excluding hydrogens is 259 g/mol. The quantitative estimate of drug-likeness (QED) is 0.671. The summed E-state index contributed by atoms with van der Waals surface area (Å²) in [5.41, 5.74) is 0. The Balaban J connectivity index is -0.000000245. The van der Waals surface area contributed by atoms with Crippen LogP contribution in [-0.2, 0) is 19.4 Å². The van der Waals surface area contributed by atoms with E-state index >= 15 is 0 Å². The zero-order chi connectivity index (χ0) is 13.9. The Kier molecular flexibility index (Phi) is 19.4. The van der Waals surface area contributed by atoms with Gasteiger partial charge in [-0.2, -0.15) is 0 Å². The van der Waals surface area contributed by atoms with Crippen LogP contribution in [-0.4, -0.2) is 24.4 Å². The average molecular weight is 283 g/mol. The molecule has 0 aromatic rings. The van der Waals surface area contributed by atoms with E-state index in [4.69, 9.17) is 10.2 Å². The minimum absolute atomic E-state index is 1.00. The van der Waals surface area contributed by atoms with Gasteiger partial charge in [0.05, 0.1) is 0 Å². The molecule has 0 saturated heterocycles. The fourth-order valence-electron chi connectivity index (χ4n) is 1.41. The fourth-order valence-corrected chi connectivity index (χ4v) is 1.41. The second-order valence-corrected chi connectivity index (χ2v) is 3.12. The van der Waals surface area contributed by atoms with Gasteiger partial charge in [-0.3, -0.25) is 0 Å². The maximum atomic E-state index is 7.00. The topological polar surface area (TPSA) is 40.5 Å². The van der Waals surface area contributed by atoms with Crippen molar-refractivity contribution in [3.05, 3.63) is 29.6 Å². The molecule has 0 unspecified atom stereocenters. The Morgan fingerprint density at radius 3 is 0.688 bits per heavy atom. The summed E-state index contributed by atoms with van der Waals surface area (Å²) in [4.78, 5) is 0. The van der Waals surface area contributed by atoms with Crippen molar-refractivity contribution in [2.45, 2.75) is 34.6 Å². The average Bonchev–Trinajstić information content (AvgIpc) is 2.55. The fraction of sp³-hybridized carbons (Fsp3) is 0.583. The van der Waals surface area contributed by atoms with Crippen molar-refractivity contribution in [1.29, 1.82) is 0 Å². The first-order chi connectivity index (χ1) is 7.55. The van der Waals surface area contributed by atoms with Crippen molar-refractivity contribution < 1.29 is 29.6 Å². The van der Waals surface area contributed by atoms with E-state index in [0.717, 1.165) is 14.2 Å². The number of aliphatic hydroxyl groups is 2. The molecule has 0 aromatic carbocycles. The molecule has 0 amide bonds. The molecule has 16 heavy (non-hydrogen) atoms. The summed E-state index contributed by atoms with van der Waals surface area (Å²) in [7, 11) is 6.64. The van der Waals surface area contributed by atoms with Crippen LogP contribution in [0.2, 0.25) is 0 Å². The Labute approximate surface area is 117 Å². The Morgan fingerprint density at radius 1 is 0.562 bits per heavy atom. The van der Waals surface area contributed by atoms with Gasteiger partial charge in [-0.25, -0.2) is 0 Å². The second-order valence-electron chi connectivity index (χ2n) is 3.12. The molecule has 0 aliphatic heterocycles. The van der Waals surface area contributed by atoms with Crippen molar-refractivity contribution in [2.75, 3.05) is 14.2 Å². The van der Waals surface area contributed by atoms with Crippen LogP contribution in [0.3, 0.4) is 0 Å². The van der Waals surface area contributed by atoms with Crippen molar-refractivity contribution in [3.8, 4) is 0 Å². The van der Waals surface area contributed by atoms with E-state index in [-0.39, 0.29) is 0 Å². The van der Waals surface area contributed by atoms with Gasteiger partial charge in [0, 0.05) is 14.2 Å². The molecule has 0 spiro atoms. The maximum absolute atomic E-state index is 7.00. The van der Waals surface area contributed by atoms with Gasteiger partial charge in [0.15, 0.2) is 0 Å². The number of hydrogen-bond donors (Lipinski definition) is 2. The van der Waals surface area contributed by atoms with Crippen molar-refractivity contribution >= 4 is 9.30 Å². The first-order valence-corrected chi connectivity index (χ1v) is 6.98. The summed E-state index contributed by atoms with van der Waals surface area (Å²) in [6, 6.07) is 0. The molecular formula is C12H23ClO2Ti+. The van der Waals surface area contributed by atoms with Crippen molar-refractivity contribution in [3.63, 3.8) is 0 Å². The Hall–Kier alpha value is 0.924. The standard InChI is InChI=1S/C10H15.2CH4O.ClH.Ti/c1-6-7(2)9(4)10(5)8(6)3;2*1-2;;/h1-5H3;2*2H,1H3;1H;/q;;;;+2/p-1. The summed E-state index contributed by atoms with van der Waals surface area (Å²) in [5, 5.41) is 14.0. The van der Waals surface area contributed by atoms with E-state index in [1.54, 1.807) is 0 Å². The molecule has 0 bridgehead atoms. The van der Waals surface area contributed by atoms with E-state index in [1.165, 1.54) is 49.0 Å². The van der Waals surface area contributed by atoms with Crippen LogP contribution in [0.4, 0.5) is 0 Å². The van der Waals surface area contributed by atoms with E-state index in [2.05, 4.69) is 43.9 Å².